The van der Waals surface area contributed by atoms with Crippen LogP contribution in [0, 0.1) is 6.92 Å². The maximum absolute atomic E-state index is 13.5. The average molecular weight is 543 g/mol. The Morgan fingerprint density at radius 2 is 1.68 bits per heavy atom. The average Bonchev–Trinajstić information content (AvgIpc) is 3.46. The number of ether oxygens (including phenoxy) is 1. The van der Waals surface area contributed by atoms with Crippen molar-refractivity contribution >= 4 is 17.4 Å². The van der Waals surface area contributed by atoms with Crippen molar-refractivity contribution < 1.29 is 19.4 Å². The second-order valence-corrected chi connectivity index (χ2v) is 11.6. The van der Waals surface area contributed by atoms with Gasteiger partial charge in [0.05, 0.1) is 48.0 Å². The molecular weight excluding hydrogens is 504 g/mol. The van der Waals surface area contributed by atoms with Crippen LogP contribution in [-0.4, -0.2) is 75.8 Å². The summed E-state index contributed by atoms with van der Waals surface area (Å²) < 4.78 is 7.17. The Morgan fingerprint density at radius 1 is 1.00 bits per heavy atom. The van der Waals surface area contributed by atoms with E-state index in [4.69, 9.17) is 4.74 Å². The first-order valence-electron chi connectivity index (χ1n) is 14.0. The zero-order valence-corrected chi connectivity index (χ0v) is 23.8. The number of hydrogen-bond acceptors (Lipinski definition) is 6. The standard InChI is InChI=1S/C32H38N4O4/c1-22-26(21-33-36(22)25-9-6-5-7-10-25)29(37)27-28(23-11-13-24(14-12-23)32(2,3)4)35(31(39)30(27)38)16-8-15-34-17-19-40-20-18-34/h5-7,9-14,21,28,37H,8,15-20H2,1-4H3/t28-/m0/s1. The molecule has 2 aromatic carbocycles. The number of amides is 1. The minimum absolute atomic E-state index is 0.0401. The summed E-state index contributed by atoms with van der Waals surface area (Å²) in [6.45, 7) is 12.6. The third-order valence-corrected chi connectivity index (χ3v) is 7.88. The Kier molecular flexibility index (Phi) is 7.92. The molecule has 2 aliphatic heterocycles. The van der Waals surface area contributed by atoms with Gasteiger partial charge < -0.3 is 14.7 Å². The van der Waals surface area contributed by atoms with E-state index in [0.29, 0.717) is 37.4 Å². The molecular formula is C32H38N4O4. The van der Waals surface area contributed by atoms with Crippen molar-refractivity contribution in [3.63, 3.8) is 0 Å². The first-order chi connectivity index (χ1) is 19.2. The van der Waals surface area contributed by atoms with Crippen LogP contribution in [0.4, 0.5) is 0 Å². The van der Waals surface area contributed by atoms with E-state index in [0.717, 1.165) is 36.4 Å². The van der Waals surface area contributed by atoms with Gasteiger partial charge in [-0.2, -0.15) is 5.10 Å². The lowest BCUT2D eigenvalue weighted by molar-refractivity contribution is -0.140. The molecule has 3 aromatic rings. The number of ketones is 1. The Hall–Kier alpha value is -3.75. The van der Waals surface area contributed by atoms with Crippen LogP contribution >= 0.6 is 0 Å². The number of carbonyl (C=O) groups is 2. The van der Waals surface area contributed by atoms with Crippen molar-refractivity contribution in [1.82, 2.24) is 19.6 Å². The summed E-state index contributed by atoms with van der Waals surface area (Å²) in [5.41, 5.74) is 3.98. The fourth-order valence-electron chi connectivity index (χ4n) is 5.53. The second kappa shape index (κ2) is 11.4. The first kappa shape index (κ1) is 27.8. The van der Waals surface area contributed by atoms with Crippen LogP contribution in [0.2, 0.25) is 0 Å². The summed E-state index contributed by atoms with van der Waals surface area (Å²) >= 11 is 0. The summed E-state index contributed by atoms with van der Waals surface area (Å²) in [6.07, 6.45) is 2.28. The highest BCUT2D eigenvalue weighted by atomic mass is 16.5. The Morgan fingerprint density at radius 3 is 2.33 bits per heavy atom. The number of carbonyl (C=O) groups excluding carboxylic acids is 2. The van der Waals surface area contributed by atoms with E-state index in [1.54, 1.807) is 15.8 Å². The van der Waals surface area contributed by atoms with E-state index < -0.39 is 17.7 Å². The summed E-state index contributed by atoms with van der Waals surface area (Å²) in [7, 11) is 0. The number of aliphatic hydroxyl groups is 1. The number of benzene rings is 2. The molecule has 0 unspecified atom stereocenters. The topological polar surface area (TPSA) is 87.9 Å². The molecule has 0 aliphatic carbocycles. The molecule has 1 amide bonds. The van der Waals surface area contributed by atoms with Crippen molar-refractivity contribution in [2.45, 2.75) is 45.6 Å². The summed E-state index contributed by atoms with van der Waals surface area (Å²) in [5.74, 6) is -1.44. The number of para-hydroxylation sites is 1. The molecule has 1 N–H and O–H groups in total. The smallest absolute Gasteiger partial charge is 0.295 e. The molecule has 0 radical (unpaired) electrons. The normalized spacial score (nSPS) is 19.9. The number of aliphatic hydroxyl groups excluding tert-OH is 1. The van der Waals surface area contributed by atoms with Gasteiger partial charge in [0.15, 0.2) is 0 Å². The lowest BCUT2D eigenvalue weighted by atomic mass is 9.85. The summed E-state index contributed by atoms with van der Waals surface area (Å²) in [5, 5.41) is 16.1. The van der Waals surface area contributed by atoms with E-state index in [9.17, 15) is 14.7 Å². The number of morpholine rings is 1. The third-order valence-electron chi connectivity index (χ3n) is 7.88. The fourth-order valence-corrected chi connectivity index (χ4v) is 5.53. The minimum Gasteiger partial charge on any atom is -0.507 e. The van der Waals surface area contributed by atoms with Gasteiger partial charge in [-0.15, -0.1) is 0 Å². The van der Waals surface area contributed by atoms with Gasteiger partial charge in [0.25, 0.3) is 11.7 Å². The number of Topliss-reactive ketones (excluding diaryl/α,β-unsaturated/α-hetero) is 1. The Balaban J connectivity index is 1.52. The van der Waals surface area contributed by atoms with Gasteiger partial charge >= 0.3 is 0 Å². The molecule has 0 saturated carbocycles. The maximum Gasteiger partial charge on any atom is 0.295 e. The molecule has 40 heavy (non-hydrogen) atoms. The maximum atomic E-state index is 13.5. The third kappa shape index (κ3) is 5.46. The molecule has 210 valence electrons. The molecule has 2 aliphatic rings. The van der Waals surface area contributed by atoms with Crippen molar-refractivity contribution in [2.75, 3.05) is 39.4 Å². The van der Waals surface area contributed by atoms with Crippen molar-refractivity contribution in [1.29, 1.82) is 0 Å². The highest BCUT2D eigenvalue weighted by Crippen LogP contribution is 2.40. The largest absolute Gasteiger partial charge is 0.507 e. The van der Waals surface area contributed by atoms with E-state index in [1.165, 1.54) is 0 Å². The SMILES string of the molecule is Cc1c(C(O)=C2C(=O)C(=O)N(CCCN3CCOCC3)[C@H]2c2ccc(C(C)(C)C)cc2)cnn1-c1ccccc1. The summed E-state index contributed by atoms with van der Waals surface area (Å²) in [6, 6.07) is 17.0. The molecule has 3 heterocycles. The number of likely N-dealkylation sites (tertiary alicyclic amines) is 1. The van der Waals surface area contributed by atoms with Crippen molar-refractivity contribution in [3.8, 4) is 5.69 Å². The molecule has 1 atom stereocenters. The van der Waals surface area contributed by atoms with E-state index >= 15 is 0 Å². The van der Waals surface area contributed by atoms with Gasteiger partial charge in [0, 0.05) is 26.2 Å². The quantitative estimate of drug-likeness (QED) is 0.266. The Labute approximate surface area is 235 Å². The van der Waals surface area contributed by atoms with Gasteiger partial charge in [-0.05, 0) is 42.0 Å². The van der Waals surface area contributed by atoms with Crippen LogP contribution in [0.3, 0.4) is 0 Å². The molecule has 0 bridgehead atoms. The minimum atomic E-state index is -0.682. The molecule has 0 spiro atoms. The van der Waals surface area contributed by atoms with E-state index in [1.807, 2.05) is 61.5 Å². The lowest BCUT2D eigenvalue weighted by Crippen LogP contribution is -2.39. The molecule has 8 heteroatoms. The summed E-state index contributed by atoms with van der Waals surface area (Å²) in [4.78, 5) is 30.9. The fraction of sp³-hybridized carbons (Fsp3) is 0.406. The Bertz CT molecular complexity index is 1400. The monoisotopic (exact) mass is 542 g/mol. The molecule has 8 nitrogen and oxygen atoms in total. The molecule has 1 aromatic heterocycles. The van der Waals surface area contributed by atoms with E-state index in [2.05, 4.69) is 30.8 Å². The molecule has 2 saturated heterocycles. The molecule has 5 rings (SSSR count). The number of aromatic nitrogens is 2. The first-order valence-corrected chi connectivity index (χ1v) is 14.0. The predicted octanol–water partition coefficient (Wildman–Crippen LogP) is 4.62. The van der Waals surface area contributed by atoms with Gasteiger partial charge in [-0.3, -0.25) is 14.5 Å². The van der Waals surface area contributed by atoms with Crippen LogP contribution in [0.15, 0.2) is 66.4 Å². The van der Waals surface area contributed by atoms with Gasteiger partial charge in [0.1, 0.15) is 5.76 Å². The van der Waals surface area contributed by atoms with Crippen LogP contribution < -0.4 is 0 Å². The number of hydrogen-bond donors (Lipinski definition) is 1. The zero-order valence-electron chi connectivity index (χ0n) is 23.8. The van der Waals surface area contributed by atoms with Crippen LogP contribution in [0.5, 0.6) is 0 Å². The number of nitrogens with zero attached hydrogens (tertiary/aromatic N) is 4. The van der Waals surface area contributed by atoms with Crippen LogP contribution in [-0.2, 0) is 19.7 Å². The van der Waals surface area contributed by atoms with Crippen LogP contribution in [0.25, 0.3) is 11.4 Å². The molecule has 2 fully saturated rings. The van der Waals surface area contributed by atoms with Crippen LogP contribution in [0.1, 0.15) is 55.6 Å². The van der Waals surface area contributed by atoms with Crippen molar-refractivity contribution in [3.05, 3.63) is 88.8 Å². The second-order valence-electron chi connectivity index (χ2n) is 11.6. The lowest BCUT2D eigenvalue weighted by Gasteiger charge is -2.29. The van der Waals surface area contributed by atoms with Gasteiger partial charge in [-0.25, -0.2) is 4.68 Å². The number of rotatable bonds is 7. The highest BCUT2D eigenvalue weighted by molar-refractivity contribution is 6.46. The zero-order chi connectivity index (χ0) is 28.4. The predicted molar refractivity (Wildman–Crippen MR) is 154 cm³/mol. The highest BCUT2D eigenvalue weighted by Gasteiger charge is 2.46. The van der Waals surface area contributed by atoms with E-state index in [-0.39, 0.29) is 16.7 Å². The van der Waals surface area contributed by atoms with Gasteiger partial charge in [-0.1, -0.05) is 63.2 Å². The van der Waals surface area contributed by atoms with Gasteiger partial charge in [0.2, 0.25) is 0 Å². The van der Waals surface area contributed by atoms with Crippen molar-refractivity contribution in [2.24, 2.45) is 0 Å².